The van der Waals surface area contributed by atoms with E-state index in [0.29, 0.717) is 11.4 Å². The Balaban J connectivity index is 2.18. The number of imide groups is 1. The standard InChI is InChI=1S/C13H12N4O2S/c1-8(15-16-13(14)20)9-2-4-10(5-3-9)17-11(18)6-7-12(17)19/h2-7H,1H3,(H3,14,16,20)/b15-8+. The van der Waals surface area contributed by atoms with Crippen LogP contribution < -0.4 is 16.1 Å². The van der Waals surface area contributed by atoms with Crippen molar-refractivity contribution in [2.75, 3.05) is 4.90 Å². The predicted molar refractivity (Wildman–Crippen MR) is 80.2 cm³/mol. The first kappa shape index (κ1) is 13.9. The van der Waals surface area contributed by atoms with Crippen LogP contribution in [0.3, 0.4) is 0 Å². The zero-order chi connectivity index (χ0) is 14.7. The van der Waals surface area contributed by atoms with Crippen molar-refractivity contribution in [3.8, 4) is 0 Å². The fourth-order valence-electron chi connectivity index (χ4n) is 1.71. The van der Waals surface area contributed by atoms with Crippen molar-refractivity contribution in [2.24, 2.45) is 10.8 Å². The molecule has 0 atom stereocenters. The summed E-state index contributed by atoms with van der Waals surface area (Å²) in [6.07, 6.45) is 2.49. The molecule has 0 saturated heterocycles. The monoisotopic (exact) mass is 288 g/mol. The minimum atomic E-state index is -0.344. The first-order valence-corrected chi connectivity index (χ1v) is 6.16. The summed E-state index contributed by atoms with van der Waals surface area (Å²) in [6, 6.07) is 6.87. The molecule has 1 aliphatic heterocycles. The summed E-state index contributed by atoms with van der Waals surface area (Å²) >= 11 is 4.65. The van der Waals surface area contributed by atoms with E-state index in [0.717, 1.165) is 10.5 Å². The zero-order valence-electron chi connectivity index (χ0n) is 10.7. The van der Waals surface area contributed by atoms with Crippen LogP contribution in [0.1, 0.15) is 12.5 Å². The molecule has 7 heteroatoms. The molecule has 2 amide bonds. The Morgan fingerprint density at radius 2 is 1.75 bits per heavy atom. The molecule has 0 radical (unpaired) electrons. The molecule has 20 heavy (non-hydrogen) atoms. The molecule has 1 aromatic carbocycles. The van der Waals surface area contributed by atoms with Gasteiger partial charge in [0, 0.05) is 12.2 Å². The molecular formula is C13H12N4O2S. The van der Waals surface area contributed by atoms with Gasteiger partial charge in [-0.2, -0.15) is 5.10 Å². The number of nitrogens with zero attached hydrogens (tertiary/aromatic N) is 2. The third-order valence-corrected chi connectivity index (χ3v) is 2.78. The van der Waals surface area contributed by atoms with E-state index in [1.165, 1.54) is 12.2 Å². The maximum Gasteiger partial charge on any atom is 0.258 e. The van der Waals surface area contributed by atoms with E-state index >= 15 is 0 Å². The minimum absolute atomic E-state index is 0.0836. The van der Waals surface area contributed by atoms with Crippen LogP contribution in [0.15, 0.2) is 41.5 Å². The average Bonchev–Trinajstić information content (AvgIpc) is 2.76. The summed E-state index contributed by atoms with van der Waals surface area (Å²) in [5.74, 6) is -0.688. The summed E-state index contributed by atoms with van der Waals surface area (Å²) in [6.45, 7) is 1.79. The van der Waals surface area contributed by atoms with E-state index in [1.54, 1.807) is 31.2 Å². The quantitative estimate of drug-likeness (QED) is 0.369. The van der Waals surface area contributed by atoms with Crippen LogP contribution in [-0.4, -0.2) is 22.6 Å². The maximum absolute atomic E-state index is 11.5. The van der Waals surface area contributed by atoms with E-state index in [1.807, 2.05) is 0 Å². The Hall–Kier alpha value is -2.54. The lowest BCUT2D eigenvalue weighted by atomic mass is 10.1. The van der Waals surface area contributed by atoms with Crippen molar-refractivity contribution < 1.29 is 9.59 Å². The summed E-state index contributed by atoms with van der Waals surface area (Å²) in [4.78, 5) is 24.2. The number of carbonyl (C=O) groups excluding carboxylic acids is 2. The summed E-state index contributed by atoms with van der Waals surface area (Å²) in [7, 11) is 0. The summed E-state index contributed by atoms with van der Waals surface area (Å²) in [5, 5.41) is 4.08. The predicted octanol–water partition coefficient (Wildman–Crippen LogP) is 0.673. The highest BCUT2D eigenvalue weighted by Gasteiger charge is 2.24. The maximum atomic E-state index is 11.5. The van der Waals surface area contributed by atoms with Crippen LogP contribution in [-0.2, 0) is 9.59 Å². The number of thiocarbonyl (C=S) groups is 1. The number of amides is 2. The van der Waals surface area contributed by atoms with Crippen molar-refractivity contribution in [1.29, 1.82) is 0 Å². The van der Waals surface area contributed by atoms with Gasteiger partial charge in [-0.25, -0.2) is 4.90 Å². The van der Waals surface area contributed by atoms with E-state index < -0.39 is 0 Å². The van der Waals surface area contributed by atoms with E-state index in [9.17, 15) is 9.59 Å². The van der Waals surface area contributed by atoms with Crippen LogP contribution in [0.25, 0.3) is 0 Å². The fraction of sp³-hybridized carbons (Fsp3) is 0.0769. The second kappa shape index (κ2) is 5.62. The molecule has 0 aromatic heterocycles. The summed E-state index contributed by atoms with van der Waals surface area (Å²) in [5.41, 5.74) is 9.80. The van der Waals surface area contributed by atoms with Gasteiger partial charge in [-0.3, -0.25) is 15.0 Å². The van der Waals surface area contributed by atoms with Crippen molar-refractivity contribution in [2.45, 2.75) is 6.92 Å². The minimum Gasteiger partial charge on any atom is -0.375 e. The molecular weight excluding hydrogens is 276 g/mol. The fourth-order valence-corrected chi connectivity index (χ4v) is 1.76. The van der Waals surface area contributed by atoms with Gasteiger partial charge in [-0.05, 0) is 36.8 Å². The number of hydrogen-bond donors (Lipinski definition) is 2. The first-order chi connectivity index (χ1) is 9.49. The van der Waals surface area contributed by atoms with Gasteiger partial charge in [0.25, 0.3) is 11.8 Å². The number of anilines is 1. The molecule has 1 aromatic rings. The molecule has 2 rings (SSSR count). The number of benzene rings is 1. The average molecular weight is 288 g/mol. The molecule has 0 fully saturated rings. The molecule has 0 unspecified atom stereocenters. The number of rotatable bonds is 3. The first-order valence-electron chi connectivity index (χ1n) is 5.75. The second-order valence-corrected chi connectivity index (χ2v) is 4.51. The van der Waals surface area contributed by atoms with Crippen LogP contribution >= 0.6 is 12.2 Å². The van der Waals surface area contributed by atoms with E-state index in [2.05, 4.69) is 22.7 Å². The second-order valence-electron chi connectivity index (χ2n) is 4.07. The Morgan fingerprint density at radius 1 is 1.20 bits per heavy atom. The zero-order valence-corrected chi connectivity index (χ0v) is 11.5. The van der Waals surface area contributed by atoms with Gasteiger partial charge in [0.05, 0.1) is 11.4 Å². The van der Waals surface area contributed by atoms with Crippen molar-refractivity contribution in [1.82, 2.24) is 5.43 Å². The lowest BCUT2D eigenvalue weighted by Crippen LogP contribution is -2.29. The lowest BCUT2D eigenvalue weighted by Gasteiger charge is -2.14. The van der Waals surface area contributed by atoms with Gasteiger partial charge in [0.1, 0.15) is 0 Å². The van der Waals surface area contributed by atoms with Crippen molar-refractivity contribution in [3.63, 3.8) is 0 Å². The highest BCUT2D eigenvalue weighted by atomic mass is 32.1. The lowest BCUT2D eigenvalue weighted by molar-refractivity contribution is -0.119. The van der Waals surface area contributed by atoms with Gasteiger partial charge in [-0.1, -0.05) is 12.1 Å². The molecule has 102 valence electrons. The Labute approximate surface area is 120 Å². The van der Waals surface area contributed by atoms with E-state index in [-0.39, 0.29) is 16.9 Å². The molecule has 6 nitrogen and oxygen atoms in total. The van der Waals surface area contributed by atoms with Gasteiger partial charge >= 0.3 is 0 Å². The van der Waals surface area contributed by atoms with Crippen LogP contribution in [0.4, 0.5) is 5.69 Å². The molecule has 0 bridgehead atoms. The third kappa shape index (κ3) is 2.89. The Morgan fingerprint density at radius 3 is 2.25 bits per heavy atom. The van der Waals surface area contributed by atoms with Crippen LogP contribution in [0.2, 0.25) is 0 Å². The van der Waals surface area contributed by atoms with Gasteiger partial charge in [-0.15, -0.1) is 0 Å². The number of hydrazone groups is 1. The SMILES string of the molecule is C/C(=N\NC(N)=S)c1ccc(N2C(=O)C=CC2=O)cc1. The Bertz CT molecular complexity index is 616. The van der Waals surface area contributed by atoms with Crippen LogP contribution in [0, 0.1) is 0 Å². The Kier molecular flexibility index (Phi) is 3.90. The molecule has 3 N–H and O–H groups in total. The number of hydrogen-bond acceptors (Lipinski definition) is 4. The normalized spacial score (nSPS) is 14.8. The largest absolute Gasteiger partial charge is 0.375 e. The molecule has 0 saturated carbocycles. The molecule has 0 spiro atoms. The highest BCUT2D eigenvalue weighted by molar-refractivity contribution is 7.80. The smallest absolute Gasteiger partial charge is 0.258 e. The summed E-state index contributed by atoms with van der Waals surface area (Å²) < 4.78 is 0. The van der Waals surface area contributed by atoms with Crippen molar-refractivity contribution in [3.05, 3.63) is 42.0 Å². The number of nitrogens with two attached hydrogens (primary N) is 1. The number of nitrogens with one attached hydrogen (secondary N) is 1. The van der Waals surface area contributed by atoms with Crippen LogP contribution in [0.5, 0.6) is 0 Å². The van der Waals surface area contributed by atoms with Crippen molar-refractivity contribution >= 4 is 40.5 Å². The van der Waals surface area contributed by atoms with Gasteiger partial charge < -0.3 is 5.73 Å². The van der Waals surface area contributed by atoms with Gasteiger partial charge in [0.15, 0.2) is 5.11 Å². The topological polar surface area (TPSA) is 87.8 Å². The molecule has 1 aliphatic rings. The molecule has 1 heterocycles. The third-order valence-electron chi connectivity index (χ3n) is 2.69. The van der Waals surface area contributed by atoms with E-state index in [4.69, 9.17) is 5.73 Å². The van der Waals surface area contributed by atoms with Gasteiger partial charge in [0.2, 0.25) is 0 Å². The highest BCUT2D eigenvalue weighted by Crippen LogP contribution is 2.19. The molecule has 0 aliphatic carbocycles. The number of carbonyl (C=O) groups is 2.